The lowest BCUT2D eigenvalue weighted by Gasteiger charge is -2.12. The summed E-state index contributed by atoms with van der Waals surface area (Å²) in [4.78, 5) is 5.30. The third-order valence-electron chi connectivity index (χ3n) is 2.32. The Hall–Kier alpha value is -0.800. The Labute approximate surface area is 72.0 Å². The molecule has 0 aromatic carbocycles. The Morgan fingerprint density at radius 3 is 3.17 bits per heavy atom. The van der Waals surface area contributed by atoms with Crippen molar-refractivity contribution in [3.8, 4) is 0 Å². The number of nitrogens with zero attached hydrogens (tertiary/aromatic N) is 1. The van der Waals surface area contributed by atoms with E-state index in [-0.39, 0.29) is 6.10 Å². The highest BCUT2D eigenvalue weighted by Crippen LogP contribution is 2.12. The molecule has 1 aliphatic rings. The maximum atomic E-state index is 9.28. The van der Waals surface area contributed by atoms with Gasteiger partial charge in [-0.2, -0.15) is 0 Å². The zero-order valence-corrected chi connectivity index (χ0v) is 7.03. The second kappa shape index (κ2) is 3.29. The predicted molar refractivity (Wildman–Crippen MR) is 46.7 cm³/mol. The minimum atomic E-state index is -0.107. The van der Waals surface area contributed by atoms with Crippen molar-refractivity contribution in [3.63, 3.8) is 0 Å². The lowest BCUT2D eigenvalue weighted by molar-refractivity contribution is 0.175. The molecule has 0 radical (unpaired) electrons. The van der Waals surface area contributed by atoms with E-state index < -0.39 is 0 Å². The summed E-state index contributed by atoms with van der Waals surface area (Å²) in [5.74, 6) is 0. The number of rotatable bonds is 2. The van der Waals surface area contributed by atoms with Crippen LogP contribution in [0.4, 0.5) is 0 Å². The van der Waals surface area contributed by atoms with Gasteiger partial charge in [-0.05, 0) is 18.1 Å². The van der Waals surface area contributed by atoms with Gasteiger partial charge in [0.05, 0.1) is 6.10 Å². The first kappa shape index (κ1) is 7.83. The molecule has 0 aliphatic carbocycles. The molecular weight excluding hydrogens is 152 g/mol. The van der Waals surface area contributed by atoms with Crippen molar-refractivity contribution in [1.29, 1.82) is 0 Å². The second-order valence-electron chi connectivity index (χ2n) is 3.40. The van der Waals surface area contributed by atoms with E-state index in [1.54, 1.807) is 0 Å². The van der Waals surface area contributed by atoms with Crippen LogP contribution in [-0.2, 0) is 6.54 Å². The molecule has 1 saturated heterocycles. The van der Waals surface area contributed by atoms with E-state index in [0.29, 0.717) is 0 Å². The molecule has 0 amide bonds. The van der Waals surface area contributed by atoms with Gasteiger partial charge in [-0.3, -0.25) is 4.90 Å². The minimum absolute atomic E-state index is 0.107. The smallest absolute Gasteiger partial charge is 0.0679 e. The van der Waals surface area contributed by atoms with Gasteiger partial charge in [0.15, 0.2) is 0 Å². The Kier molecular flexibility index (Phi) is 2.15. The monoisotopic (exact) mass is 166 g/mol. The quantitative estimate of drug-likeness (QED) is 0.674. The molecule has 3 nitrogen and oxygen atoms in total. The number of likely N-dealkylation sites (tertiary alicyclic amines) is 1. The number of β-amino-alcohol motifs (C(OH)–C–C–N with tert-alkyl or cyclic N) is 1. The molecule has 12 heavy (non-hydrogen) atoms. The topological polar surface area (TPSA) is 39.3 Å². The van der Waals surface area contributed by atoms with E-state index in [9.17, 15) is 5.11 Å². The van der Waals surface area contributed by atoms with E-state index in [1.165, 1.54) is 5.56 Å². The van der Waals surface area contributed by atoms with E-state index in [4.69, 9.17) is 0 Å². The van der Waals surface area contributed by atoms with Gasteiger partial charge in [0, 0.05) is 32.0 Å². The molecule has 0 saturated carbocycles. The number of nitrogens with one attached hydrogen (secondary N) is 1. The molecule has 2 heterocycles. The fourth-order valence-corrected chi connectivity index (χ4v) is 1.67. The van der Waals surface area contributed by atoms with Crippen molar-refractivity contribution in [1.82, 2.24) is 9.88 Å². The van der Waals surface area contributed by atoms with Crippen LogP contribution in [0.1, 0.15) is 12.0 Å². The third kappa shape index (κ3) is 1.68. The molecule has 3 heteroatoms. The third-order valence-corrected chi connectivity index (χ3v) is 2.32. The van der Waals surface area contributed by atoms with Crippen LogP contribution in [0.5, 0.6) is 0 Å². The fourth-order valence-electron chi connectivity index (χ4n) is 1.67. The highest BCUT2D eigenvalue weighted by molar-refractivity contribution is 5.08. The first-order valence-electron chi connectivity index (χ1n) is 4.36. The molecule has 0 bridgehead atoms. The second-order valence-corrected chi connectivity index (χ2v) is 3.40. The Morgan fingerprint density at radius 2 is 2.58 bits per heavy atom. The summed E-state index contributed by atoms with van der Waals surface area (Å²) < 4.78 is 0. The molecule has 0 unspecified atom stereocenters. The molecule has 0 spiro atoms. The van der Waals surface area contributed by atoms with E-state index in [0.717, 1.165) is 26.1 Å². The Morgan fingerprint density at radius 1 is 1.67 bits per heavy atom. The SMILES string of the molecule is O[C@H]1CCN(Cc2cc[nH]c2)C1. The van der Waals surface area contributed by atoms with Gasteiger partial charge in [-0.15, -0.1) is 0 Å². The first-order chi connectivity index (χ1) is 5.84. The molecule has 2 N–H and O–H groups in total. The summed E-state index contributed by atoms with van der Waals surface area (Å²) >= 11 is 0. The summed E-state index contributed by atoms with van der Waals surface area (Å²) in [7, 11) is 0. The summed E-state index contributed by atoms with van der Waals surface area (Å²) in [5.41, 5.74) is 1.30. The first-order valence-corrected chi connectivity index (χ1v) is 4.36. The molecule has 1 atom stereocenters. The number of aliphatic hydroxyl groups excluding tert-OH is 1. The molecule has 1 aliphatic heterocycles. The van der Waals surface area contributed by atoms with Crippen molar-refractivity contribution in [2.24, 2.45) is 0 Å². The van der Waals surface area contributed by atoms with Gasteiger partial charge in [-0.25, -0.2) is 0 Å². The molecule has 2 rings (SSSR count). The number of hydrogen-bond donors (Lipinski definition) is 2. The minimum Gasteiger partial charge on any atom is -0.392 e. The van der Waals surface area contributed by atoms with E-state index in [2.05, 4.69) is 16.0 Å². The Balaban J connectivity index is 1.88. The molecule has 1 aromatic rings. The van der Waals surface area contributed by atoms with Crippen LogP contribution in [0.2, 0.25) is 0 Å². The molecule has 66 valence electrons. The average molecular weight is 166 g/mol. The molecular formula is C9H14N2O. The zero-order valence-electron chi connectivity index (χ0n) is 7.03. The fraction of sp³-hybridized carbons (Fsp3) is 0.556. The van der Waals surface area contributed by atoms with Crippen LogP contribution >= 0.6 is 0 Å². The predicted octanol–water partition coefficient (Wildman–Crippen LogP) is 0.581. The van der Waals surface area contributed by atoms with Crippen molar-refractivity contribution < 1.29 is 5.11 Å². The van der Waals surface area contributed by atoms with Gasteiger partial charge in [0.1, 0.15) is 0 Å². The van der Waals surface area contributed by atoms with Crippen LogP contribution in [0.15, 0.2) is 18.5 Å². The van der Waals surface area contributed by atoms with Gasteiger partial charge in [0.25, 0.3) is 0 Å². The van der Waals surface area contributed by atoms with Crippen molar-refractivity contribution in [2.75, 3.05) is 13.1 Å². The van der Waals surface area contributed by atoms with Crippen molar-refractivity contribution in [2.45, 2.75) is 19.1 Å². The van der Waals surface area contributed by atoms with Gasteiger partial charge in [-0.1, -0.05) is 0 Å². The number of aliphatic hydroxyl groups is 1. The standard InChI is InChI=1S/C9H14N2O/c12-9-2-4-11(7-9)6-8-1-3-10-5-8/h1,3,5,9-10,12H,2,4,6-7H2/t9-/m0/s1. The van der Waals surface area contributed by atoms with Gasteiger partial charge in [0.2, 0.25) is 0 Å². The van der Waals surface area contributed by atoms with Crippen LogP contribution < -0.4 is 0 Å². The van der Waals surface area contributed by atoms with Crippen LogP contribution in [-0.4, -0.2) is 34.2 Å². The lowest BCUT2D eigenvalue weighted by Crippen LogP contribution is -2.21. The van der Waals surface area contributed by atoms with Crippen LogP contribution in [0, 0.1) is 0 Å². The maximum Gasteiger partial charge on any atom is 0.0679 e. The highest BCUT2D eigenvalue weighted by atomic mass is 16.3. The largest absolute Gasteiger partial charge is 0.392 e. The average Bonchev–Trinajstić information content (AvgIpc) is 2.63. The number of H-pyrrole nitrogens is 1. The number of aromatic amines is 1. The van der Waals surface area contributed by atoms with E-state index >= 15 is 0 Å². The highest BCUT2D eigenvalue weighted by Gasteiger charge is 2.19. The van der Waals surface area contributed by atoms with Crippen LogP contribution in [0.25, 0.3) is 0 Å². The lowest BCUT2D eigenvalue weighted by atomic mass is 10.3. The molecule has 1 fully saturated rings. The maximum absolute atomic E-state index is 9.28. The van der Waals surface area contributed by atoms with Crippen LogP contribution in [0.3, 0.4) is 0 Å². The summed E-state index contributed by atoms with van der Waals surface area (Å²) in [5, 5.41) is 9.28. The zero-order chi connectivity index (χ0) is 8.39. The van der Waals surface area contributed by atoms with Crippen molar-refractivity contribution >= 4 is 0 Å². The van der Waals surface area contributed by atoms with E-state index in [1.807, 2.05) is 12.4 Å². The number of aromatic nitrogens is 1. The normalized spacial score (nSPS) is 24.9. The number of hydrogen-bond acceptors (Lipinski definition) is 2. The Bertz CT molecular complexity index is 233. The summed E-state index contributed by atoms with van der Waals surface area (Å²) in [6, 6.07) is 2.07. The van der Waals surface area contributed by atoms with Gasteiger partial charge < -0.3 is 10.1 Å². The summed E-state index contributed by atoms with van der Waals surface area (Å²) in [6.45, 7) is 2.80. The van der Waals surface area contributed by atoms with Gasteiger partial charge >= 0.3 is 0 Å². The summed E-state index contributed by atoms with van der Waals surface area (Å²) in [6.07, 6.45) is 4.75. The van der Waals surface area contributed by atoms with Crippen molar-refractivity contribution in [3.05, 3.63) is 24.0 Å². The molecule has 1 aromatic heterocycles.